The fraction of sp³-hybridized carbons (Fsp3) is 0.231. The first-order valence-electron chi connectivity index (χ1n) is 10.4. The minimum absolute atomic E-state index is 0.215. The average molecular weight is 469 g/mol. The van der Waals surface area contributed by atoms with Crippen molar-refractivity contribution >= 4 is 51.3 Å². The topological polar surface area (TPSA) is 52.6 Å². The van der Waals surface area contributed by atoms with Gasteiger partial charge in [0.2, 0.25) is 0 Å². The van der Waals surface area contributed by atoms with Crippen LogP contribution in [0.5, 0.6) is 5.75 Å². The number of hydrogen-bond acceptors (Lipinski definition) is 4. The molecule has 0 aliphatic heterocycles. The Morgan fingerprint density at radius 3 is 2.50 bits per heavy atom. The number of hydrogen-bond donors (Lipinski definition) is 0. The molecule has 0 bridgehead atoms. The van der Waals surface area contributed by atoms with Gasteiger partial charge in [0.15, 0.2) is 5.78 Å². The summed E-state index contributed by atoms with van der Waals surface area (Å²) in [5, 5.41) is 3.00. The zero-order valence-electron chi connectivity index (χ0n) is 17.7. The Bertz CT molecular complexity index is 1230. The summed E-state index contributed by atoms with van der Waals surface area (Å²) >= 11 is 12.5. The van der Waals surface area contributed by atoms with E-state index in [2.05, 4.69) is 0 Å². The van der Waals surface area contributed by atoms with Gasteiger partial charge in [-0.25, -0.2) is 0 Å². The summed E-state index contributed by atoms with van der Waals surface area (Å²) in [6.45, 7) is 1.95. The Balaban J connectivity index is 1.79. The molecule has 0 amide bonds. The third kappa shape index (κ3) is 4.38. The van der Waals surface area contributed by atoms with Crippen molar-refractivity contribution in [3.05, 3.63) is 81.8 Å². The van der Waals surface area contributed by atoms with Gasteiger partial charge in [-0.15, -0.1) is 0 Å². The average Bonchev–Trinajstić information content (AvgIpc) is 2.77. The molecule has 0 unspecified atom stereocenters. The number of benzene rings is 3. The molecule has 4 rings (SSSR count). The number of carbonyl (C=O) groups is 2. The molecule has 0 saturated carbocycles. The molecule has 2 atom stereocenters. The molecule has 3 aromatic rings. The lowest BCUT2D eigenvalue weighted by atomic mass is 9.73. The van der Waals surface area contributed by atoms with Crippen molar-refractivity contribution in [1.82, 2.24) is 0 Å². The molecule has 1 aliphatic rings. The van der Waals surface area contributed by atoms with Crippen molar-refractivity contribution in [3.8, 4) is 5.75 Å². The van der Waals surface area contributed by atoms with Crippen LogP contribution in [0, 0.1) is 5.92 Å². The van der Waals surface area contributed by atoms with Crippen LogP contribution in [-0.4, -0.2) is 25.5 Å². The minimum Gasteiger partial charge on any atom is -0.497 e. The highest BCUT2D eigenvalue weighted by Crippen LogP contribution is 2.43. The predicted octanol–water partition coefficient (Wildman–Crippen LogP) is 6.47. The van der Waals surface area contributed by atoms with Crippen LogP contribution in [-0.2, 0) is 14.3 Å². The molecule has 6 heteroatoms. The highest BCUT2D eigenvalue weighted by atomic mass is 35.5. The molecule has 0 heterocycles. The first-order chi connectivity index (χ1) is 15.4. The molecule has 3 aromatic carbocycles. The van der Waals surface area contributed by atoms with Crippen LogP contribution in [0.15, 0.2) is 60.7 Å². The highest BCUT2D eigenvalue weighted by Gasteiger charge is 2.40. The summed E-state index contributed by atoms with van der Waals surface area (Å²) < 4.78 is 10.6. The van der Waals surface area contributed by atoms with E-state index in [1.54, 1.807) is 32.2 Å². The molecule has 32 heavy (non-hydrogen) atoms. The number of fused-ring (bicyclic) bond motifs is 1. The van der Waals surface area contributed by atoms with Crippen LogP contribution in [0.2, 0.25) is 10.0 Å². The zero-order chi connectivity index (χ0) is 22.8. The van der Waals surface area contributed by atoms with Gasteiger partial charge in [-0.05, 0) is 71.2 Å². The monoisotopic (exact) mass is 468 g/mol. The van der Waals surface area contributed by atoms with Gasteiger partial charge < -0.3 is 9.47 Å². The smallest absolute Gasteiger partial charge is 0.317 e. The second-order valence-electron chi connectivity index (χ2n) is 7.71. The summed E-state index contributed by atoms with van der Waals surface area (Å²) in [6.07, 6.45) is 1.98. The van der Waals surface area contributed by atoms with Crippen molar-refractivity contribution in [2.45, 2.75) is 19.3 Å². The molecule has 0 spiro atoms. The number of allylic oxidation sites excluding steroid dienone is 2. The maximum absolute atomic E-state index is 13.1. The van der Waals surface area contributed by atoms with Crippen molar-refractivity contribution < 1.29 is 19.1 Å². The first-order valence-corrected chi connectivity index (χ1v) is 11.1. The van der Waals surface area contributed by atoms with Gasteiger partial charge in [-0.1, -0.05) is 53.5 Å². The van der Waals surface area contributed by atoms with Crippen LogP contribution >= 0.6 is 23.2 Å². The summed E-state index contributed by atoms with van der Waals surface area (Å²) in [6, 6.07) is 17.0. The van der Waals surface area contributed by atoms with Crippen LogP contribution in [0.25, 0.3) is 16.3 Å². The van der Waals surface area contributed by atoms with Gasteiger partial charge in [0.05, 0.1) is 13.7 Å². The third-order valence-corrected chi connectivity index (χ3v) is 6.33. The second kappa shape index (κ2) is 9.35. The number of carbonyl (C=O) groups excluding carboxylic acids is 2. The zero-order valence-corrected chi connectivity index (χ0v) is 19.2. The van der Waals surface area contributed by atoms with Gasteiger partial charge >= 0.3 is 5.97 Å². The number of methoxy groups -OCH3 is 1. The molecular weight excluding hydrogens is 447 g/mol. The maximum Gasteiger partial charge on any atom is 0.317 e. The number of esters is 1. The molecule has 1 aliphatic carbocycles. The molecule has 0 N–H and O–H groups in total. The molecule has 164 valence electrons. The number of halogens is 2. The molecular formula is C26H22Cl2O4. The van der Waals surface area contributed by atoms with E-state index in [1.165, 1.54) is 6.08 Å². The van der Waals surface area contributed by atoms with Crippen LogP contribution in [0.1, 0.15) is 30.4 Å². The Labute approximate surface area is 196 Å². The number of ether oxygens (including phenoxy) is 2. The molecule has 0 fully saturated rings. The van der Waals surface area contributed by atoms with E-state index in [0.29, 0.717) is 16.5 Å². The van der Waals surface area contributed by atoms with E-state index in [1.807, 2.05) is 36.4 Å². The standard InChI is InChI=1S/C26H22Cl2O4/c1-3-32-26(30)25-22(17-5-4-16-11-20(31-2)8-6-15(16)10-17)12-18(13-24(25)29)21-9-7-19(27)14-23(21)28/h4-11,13-14,22,25H,3,12H2,1-2H3/t22-,25-/m0/s1. The normalized spacial score (nSPS) is 18.4. The van der Waals surface area contributed by atoms with E-state index in [9.17, 15) is 9.59 Å². The molecule has 0 radical (unpaired) electrons. The highest BCUT2D eigenvalue weighted by molar-refractivity contribution is 6.36. The Morgan fingerprint density at radius 2 is 1.78 bits per heavy atom. The summed E-state index contributed by atoms with van der Waals surface area (Å²) in [5.74, 6) is -1.30. The lowest BCUT2D eigenvalue weighted by Gasteiger charge is -2.30. The maximum atomic E-state index is 13.1. The van der Waals surface area contributed by atoms with Gasteiger partial charge in [-0.2, -0.15) is 0 Å². The quantitative estimate of drug-likeness (QED) is 0.317. The molecule has 4 nitrogen and oxygen atoms in total. The van der Waals surface area contributed by atoms with Gasteiger partial charge in [0.1, 0.15) is 11.7 Å². The predicted molar refractivity (Wildman–Crippen MR) is 127 cm³/mol. The second-order valence-corrected chi connectivity index (χ2v) is 8.55. The van der Waals surface area contributed by atoms with Gasteiger partial charge in [0.25, 0.3) is 0 Å². The Morgan fingerprint density at radius 1 is 1.03 bits per heavy atom. The van der Waals surface area contributed by atoms with Gasteiger partial charge in [0, 0.05) is 16.0 Å². The SMILES string of the molecule is CCOC(=O)[C@@H]1C(=O)C=C(c2ccc(Cl)cc2Cl)C[C@H]1c1ccc2cc(OC)ccc2c1. The molecule has 0 saturated heterocycles. The van der Waals surface area contributed by atoms with E-state index < -0.39 is 11.9 Å². The fourth-order valence-electron chi connectivity index (χ4n) is 4.23. The van der Waals surface area contributed by atoms with E-state index in [-0.39, 0.29) is 18.3 Å². The van der Waals surface area contributed by atoms with E-state index >= 15 is 0 Å². The van der Waals surface area contributed by atoms with Crippen LogP contribution in [0.4, 0.5) is 0 Å². The molecule has 0 aromatic heterocycles. The Hall–Kier alpha value is -2.82. The van der Waals surface area contributed by atoms with Crippen molar-refractivity contribution in [3.63, 3.8) is 0 Å². The van der Waals surface area contributed by atoms with Crippen molar-refractivity contribution in [2.24, 2.45) is 5.92 Å². The summed E-state index contributed by atoms with van der Waals surface area (Å²) in [7, 11) is 1.63. The number of ketones is 1. The van der Waals surface area contributed by atoms with Crippen LogP contribution in [0.3, 0.4) is 0 Å². The minimum atomic E-state index is -0.902. The lowest BCUT2D eigenvalue weighted by molar-refractivity contribution is -0.151. The fourth-order valence-corrected chi connectivity index (χ4v) is 4.76. The lowest BCUT2D eigenvalue weighted by Crippen LogP contribution is -2.34. The van der Waals surface area contributed by atoms with E-state index in [4.69, 9.17) is 32.7 Å². The summed E-state index contributed by atoms with van der Waals surface area (Å²) in [4.78, 5) is 25.9. The first kappa shape index (κ1) is 22.4. The number of rotatable bonds is 5. The van der Waals surface area contributed by atoms with Crippen molar-refractivity contribution in [2.75, 3.05) is 13.7 Å². The van der Waals surface area contributed by atoms with E-state index in [0.717, 1.165) is 33.2 Å². The van der Waals surface area contributed by atoms with Gasteiger partial charge in [-0.3, -0.25) is 9.59 Å². The Kier molecular flexibility index (Phi) is 6.54. The largest absolute Gasteiger partial charge is 0.497 e. The summed E-state index contributed by atoms with van der Waals surface area (Å²) in [5.41, 5.74) is 2.41. The van der Waals surface area contributed by atoms with Crippen molar-refractivity contribution in [1.29, 1.82) is 0 Å². The van der Waals surface area contributed by atoms with Crippen LogP contribution < -0.4 is 4.74 Å². The third-order valence-electron chi connectivity index (χ3n) is 5.78.